The van der Waals surface area contributed by atoms with Crippen LogP contribution in [0, 0.1) is 19.8 Å². The number of benzene rings is 2. The summed E-state index contributed by atoms with van der Waals surface area (Å²) in [5.41, 5.74) is 6.27. The van der Waals surface area contributed by atoms with Crippen molar-refractivity contribution in [3.8, 4) is 0 Å². The van der Waals surface area contributed by atoms with E-state index in [1.54, 1.807) is 4.90 Å². The number of rotatable bonds is 5. The Kier molecular flexibility index (Phi) is 5.64. The summed E-state index contributed by atoms with van der Waals surface area (Å²) in [6.07, 6.45) is 1.98. The molecule has 0 saturated carbocycles. The second kappa shape index (κ2) is 7.95. The maximum Gasteiger partial charge on any atom is 0.229 e. The molecular weight excluding hydrogens is 336 g/mol. The molecule has 3 rings (SSSR count). The predicted molar refractivity (Wildman–Crippen MR) is 110 cm³/mol. The van der Waals surface area contributed by atoms with Crippen LogP contribution in [0.2, 0.25) is 0 Å². The number of hydrogen-bond acceptors (Lipinski definition) is 2. The summed E-state index contributed by atoms with van der Waals surface area (Å²) in [4.78, 5) is 27.4. The van der Waals surface area contributed by atoms with Crippen molar-refractivity contribution in [2.24, 2.45) is 5.92 Å². The lowest BCUT2D eigenvalue weighted by molar-refractivity contribution is -0.122. The third-order valence-corrected chi connectivity index (χ3v) is 5.45. The maximum absolute atomic E-state index is 13.0. The number of carbonyl (C=O) groups is 2. The lowest BCUT2D eigenvalue weighted by atomic mass is 10.0. The summed E-state index contributed by atoms with van der Waals surface area (Å²) >= 11 is 0. The first-order valence-corrected chi connectivity index (χ1v) is 9.74. The van der Waals surface area contributed by atoms with Crippen LogP contribution in [0.3, 0.4) is 0 Å². The van der Waals surface area contributed by atoms with Gasteiger partial charge in [-0.15, -0.1) is 0 Å². The highest BCUT2D eigenvalue weighted by Crippen LogP contribution is 2.32. The van der Waals surface area contributed by atoms with Gasteiger partial charge in [-0.25, -0.2) is 0 Å². The Bertz CT molecular complexity index is 830. The second-order valence-electron chi connectivity index (χ2n) is 7.29. The second-order valence-corrected chi connectivity index (χ2v) is 7.29. The summed E-state index contributed by atoms with van der Waals surface area (Å²) in [6, 6.07) is 12.2. The minimum absolute atomic E-state index is 0.0204. The average molecular weight is 364 g/mol. The molecule has 0 radical (unpaired) electrons. The van der Waals surface area contributed by atoms with Crippen molar-refractivity contribution in [3.63, 3.8) is 0 Å². The van der Waals surface area contributed by atoms with Crippen molar-refractivity contribution in [2.45, 2.75) is 47.0 Å². The molecule has 4 heteroatoms. The Hall–Kier alpha value is -2.62. The third kappa shape index (κ3) is 3.75. The molecule has 1 N–H and O–H groups in total. The van der Waals surface area contributed by atoms with Gasteiger partial charge in [0.25, 0.3) is 0 Å². The van der Waals surface area contributed by atoms with Gasteiger partial charge in [0.1, 0.15) is 0 Å². The van der Waals surface area contributed by atoms with Crippen LogP contribution in [0.1, 0.15) is 42.5 Å². The molecule has 142 valence electrons. The summed E-state index contributed by atoms with van der Waals surface area (Å²) in [5.74, 6) is -0.370. The van der Waals surface area contributed by atoms with Crippen molar-refractivity contribution >= 4 is 23.2 Å². The fourth-order valence-electron chi connectivity index (χ4n) is 3.96. The molecule has 1 unspecified atom stereocenters. The predicted octanol–water partition coefficient (Wildman–Crippen LogP) is 4.42. The van der Waals surface area contributed by atoms with Crippen LogP contribution >= 0.6 is 0 Å². The molecule has 2 aromatic carbocycles. The Morgan fingerprint density at radius 2 is 1.59 bits per heavy atom. The molecular formula is C23H28N2O2. The number of anilines is 2. The highest BCUT2D eigenvalue weighted by Gasteiger charge is 2.36. The number of amides is 2. The first-order chi connectivity index (χ1) is 13.0. The molecule has 1 atom stereocenters. The van der Waals surface area contributed by atoms with Gasteiger partial charge >= 0.3 is 0 Å². The Morgan fingerprint density at radius 1 is 1.04 bits per heavy atom. The van der Waals surface area contributed by atoms with Crippen LogP contribution < -0.4 is 10.2 Å². The van der Waals surface area contributed by atoms with Crippen LogP contribution in [0.25, 0.3) is 0 Å². The van der Waals surface area contributed by atoms with Gasteiger partial charge in [0.05, 0.1) is 5.92 Å². The van der Waals surface area contributed by atoms with Crippen molar-refractivity contribution in [1.82, 2.24) is 0 Å². The minimum atomic E-state index is -0.328. The van der Waals surface area contributed by atoms with E-state index in [1.165, 1.54) is 0 Å². The fraction of sp³-hybridized carbons (Fsp3) is 0.391. The van der Waals surface area contributed by atoms with Gasteiger partial charge in [0, 0.05) is 24.3 Å². The summed E-state index contributed by atoms with van der Waals surface area (Å²) in [5, 5.41) is 3.13. The normalized spacial score (nSPS) is 16.7. The zero-order chi connectivity index (χ0) is 19.6. The molecule has 0 spiro atoms. The average Bonchev–Trinajstić information content (AvgIpc) is 3.03. The van der Waals surface area contributed by atoms with E-state index >= 15 is 0 Å². The van der Waals surface area contributed by atoms with Crippen LogP contribution in [0.15, 0.2) is 36.4 Å². The molecule has 1 fully saturated rings. The van der Waals surface area contributed by atoms with Gasteiger partial charge < -0.3 is 10.2 Å². The molecule has 2 aromatic rings. The number of aryl methyl sites for hydroxylation is 4. The van der Waals surface area contributed by atoms with Gasteiger partial charge in [-0.3, -0.25) is 9.59 Å². The number of carbonyl (C=O) groups excluding carboxylic acids is 2. The molecule has 2 amide bonds. The van der Waals surface area contributed by atoms with Gasteiger partial charge in [0.2, 0.25) is 11.8 Å². The Morgan fingerprint density at radius 3 is 2.15 bits per heavy atom. The van der Waals surface area contributed by atoms with Crippen LogP contribution in [0.4, 0.5) is 11.4 Å². The Balaban J connectivity index is 1.81. The lowest BCUT2D eigenvalue weighted by Gasteiger charge is -2.22. The van der Waals surface area contributed by atoms with E-state index in [4.69, 9.17) is 0 Å². The van der Waals surface area contributed by atoms with Crippen molar-refractivity contribution in [2.75, 3.05) is 16.8 Å². The molecule has 1 saturated heterocycles. The lowest BCUT2D eigenvalue weighted by Crippen LogP contribution is -2.29. The van der Waals surface area contributed by atoms with E-state index in [0.717, 1.165) is 46.5 Å². The zero-order valence-corrected chi connectivity index (χ0v) is 16.6. The van der Waals surface area contributed by atoms with Crippen molar-refractivity contribution in [1.29, 1.82) is 0 Å². The smallest absolute Gasteiger partial charge is 0.229 e. The monoisotopic (exact) mass is 364 g/mol. The van der Waals surface area contributed by atoms with E-state index in [0.29, 0.717) is 6.54 Å². The van der Waals surface area contributed by atoms with Crippen LogP contribution in [0.5, 0.6) is 0 Å². The van der Waals surface area contributed by atoms with Gasteiger partial charge in [-0.1, -0.05) is 50.2 Å². The number of hydrogen-bond donors (Lipinski definition) is 1. The SMILES string of the molecule is CCc1cccc(CC)c1NC(=O)C1CC(=O)N(c2c(C)cccc2C)C1. The first kappa shape index (κ1) is 19.2. The minimum Gasteiger partial charge on any atom is -0.325 e. The van der Waals surface area contributed by atoms with E-state index in [9.17, 15) is 9.59 Å². The summed E-state index contributed by atoms with van der Waals surface area (Å²) in [6.45, 7) is 8.63. The van der Waals surface area contributed by atoms with E-state index in [2.05, 4.69) is 31.3 Å². The van der Waals surface area contributed by atoms with Gasteiger partial charge in [0.15, 0.2) is 0 Å². The highest BCUT2D eigenvalue weighted by atomic mass is 16.2. The fourth-order valence-corrected chi connectivity index (χ4v) is 3.96. The third-order valence-electron chi connectivity index (χ3n) is 5.45. The molecule has 4 nitrogen and oxygen atoms in total. The maximum atomic E-state index is 13.0. The Labute approximate surface area is 161 Å². The largest absolute Gasteiger partial charge is 0.325 e. The molecule has 0 aliphatic carbocycles. The number of nitrogens with one attached hydrogen (secondary N) is 1. The highest BCUT2D eigenvalue weighted by molar-refractivity contribution is 6.04. The van der Waals surface area contributed by atoms with Gasteiger partial charge in [-0.2, -0.15) is 0 Å². The van der Waals surface area contributed by atoms with E-state index in [-0.39, 0.29) is 24.2 Å². The van der Waals surface area contributed by atoms with Crippen molar-refractivity contribution in [3.05, 3.63) is 58.7 Å². The van der Waals surface area contributed by atoms with E-state index < -0.39 is 0 Å². The molecule has 1 aliphatic rings. The number of para-hydroxylation sites is 2. The molecule has 0 aromatic heterocycles. The molecule has 1 heterocycles. The summed E-state index contributed by atoms with van der Waals surface area (Å²) in [7, 11) is 0. The number of nitrogens with zero attached hydrogens (tertiary/aromatic N) is 1. The van der Waals surface area contributed by atoms with E-state index in [1.807, 2.05) is 38.1 Å². The molecule has 0 bridgehead atoms. The quantitative estimate of drug-likeness (QED) is 0.854. The standard InChI is InChI=1S/C23H28N2O2/c1-5-17-11-8-12-18(6-2)21(17)24-23(27)19-13-20(26)25(14-19)22-15(3)9-7-10-16(22)4/h7-12,19H,5-6,13-14H2,1-4H3,(H,24,27). The summed E-state index contributed by atoms with van der Waals surface area (Å²) < 4.78 is 0. The molecule has 1 aliphatic heterocycles. The van der Waals surface area contributed by atoms with Crippen LogP contribution in [-0.4, -0.2) is 18.4 Å². The van der Waals surface area contributed by atoms with Gasteiger partial charge in [-0.05, 0) is 48.9 Å². The van der Waals surface area contributed by atoms with Crippen molar-refractivity contribution < 1.29 is 9.59 Å². The molecule has 27 heavy (non-hydrogen) atoms. The zero-order valence-electron chi connectivity index (χ0n) is 16.6. The first-order valence-electron chi connectivity index (χ1n) is 9.74. The van der Waals surface area contributed by atoms with Crippen LogP contribution in [-0.2, 0) is 22.4 Å². The topological polar surface area (TPSA) is 49.4 Å².